The van der Waals surface area contributed by atoms with E-state index in [1.54, 1.807) is 0 Å². The van der Waals surface area contributed by atoms with Crippen molar-refractivity contribution in [1.29, 1.82) is 0 Å². The second-order valence-corrected chi connectivity index (χ2v) is 11.4. The Hall–Kier alpha value is -2.75. The number of hydrogen-bond donors (Lipinski definition) is 3. The van der Waals surface area contributed by atoms with Gasteiger partial charge < -0.3 is 15.2 Å². The number of rotatable bonds is 11. The molecule has 0 spiro atoms. The van der Waals surface area contributed by atoms with Gasteiger partial charge in [-0.15, -0.1) is 0 Å². The number of carbonyl (C=O) groups is 1. The molecule has 1 aliphatic rings. The van der Waals surface area contributed by atoms with Gasteiger partial charge >= 0.3 is 0 Å². The first-order chi connectivity index (χ1) is 17.8. The quantitative estimate of drug-likeness (QED) is 0.343. The number of fused-ring (bicyclic) bond motifs is 1. The van der Waals surface area contributed by atoms with E-state index in [0.717, 1.165) is 16.7 Å². The third-order valence-electron chi connectivity index (χ3n) is 6.70. The maximum Gasteiger partial charge on any atom is 0.240 e. The van der Waals surface area contributed by atoms with Crippen LogP contribution in [0, 0.1) is 5.92 Å². The maximum absolute atomic E-state index is 13.5. The average molecular weight is 543 g/mol. The van der Waals surface area contributed by atoms with Crippen LogP contribution >= 0.6 is 11.6 Å². The summed E-state index contributed by atoms with van der Waals surface area (Å²) < 4.78 is 33.7. The fourth-order valence-corrected chi connectivity index (χ4v) is 5.87. The molecule has 3 N–H and O–H groups in total. The van der Waals surface area contributed by atoms with Crippen LogP contribution < -0.4 is 10.0 Å². The first-order valence-corrected chi connectivity index (χ1v) is 14.0. The molecule has 0 aromatic heterocycles. The van der Waals surface area contributed by atoms with Gasteiger partial charge in [0.05, 0.1) is 23.1 Å². The largest absolute Gasteiger partial charge is 0.390 e. The highest BCUT2D eigenvalue weighted by molar-refractivity contribution is 7.89. The average Bonchev–Trinajstić information content (AvgIpc) is 3.21. The molecule has 3 aromatic rings. The minimum atomic E-state index is -3.78. The Bertz CT molecular complexity index is 1300. The molecule has 7 nitrogen and oxygen atoms in total. The number of amides is 1. The molecule has 0 bridgehead atoms. The predicted octanol–water partition coefficient (Wildman–Crippen LogP) is 3.66. The van der Waals surface area contributed by atoms with E-state index in [4.69, 9.17) is 16.3 Å². The lowest BCUT2D eigenvalue weighted by Gasteiger charge is -2.26. The molecule has 0 aliphatic heterocycles. The van der Waals surface area contributed by atoms with E-state index in [2.05, 4.69) is 10.0 Å². The van der Waals surface area contributed by atoms with Crippen LogP contribution in [0.15, 0.2) is 83.8 Å². The summed E-state index contributed by atoms with van der Waals surface area (Å²) in [5, 5.41) is 14.1. The second-order valence-electron chi connectivity index (χ2n) is 9.24. The van der Waals surface area contributed by atoms with Crippen molar-refractivity contribution in [3.63, 3.8) is 0 Å². The van der Waals surface area contributed by atoms with Crippen molar-refractivity contribution in [1.82, 2.24) is 10.0 Å². The fourth-order valence-electron chi connectivity index (χ4n) is 4.68. The number of carbonyl (C=O) groups excluding carboxylic acids is 1. The summed E-state index contributed by atoms with van der Waals surface area (Å²) in [6, 6.07) is 22.7. The zero-order chi connectivity index (χ0) is 26.4. The Morgan fingerprint density at radius 2 is 1.73 bits per heavy atom. The highest BCUT2D eigenvalue weighted by Crippen LogP contribution is 2.32. The molecule has 4 atom stereocenters. The van der Waals surface area contributed by atoms with Crippen LogP contribution in [0.3, 0.4) is 0 Å². The van der Waals surface area contributed by atoms with Gasteiger partial charge in [0.1, 0.15) is 0 Å². The van der Waals surface area contributed by atoms with Crippen molar-refractivity contribution in [2.75, 3.05) is 13.7 Å². The zero-order valence-electron chi connectivity index (χ0n) is 20.5. The molecule has 0 saturated heterocycles. The summed E-state index contributed by atoms with van der Waals surface area (Å²) in [6.07, 6.45) is -0.0471. The van der Waals surface area contributed by atoms with Crippen LogP contribution in [0.4, 0.5) is 0 Å². The van der Waals surface area contributed by atoms with Crippen molar-refractivity contribution in [3.8, 4) is 0 Å². The van der Waals surface area contributed by atoms with E-state index in [0.29, 0.717) is 17.9 Å². The monoisotopic (exact) mass is 542 g/mol. The van der Waals surface area contributed by atoms with Gasteiger partial charge in [0.25, 0.3) is 0 Å². The van der Waals surface area contributed by atoms with Gasteiger partial charge in [-0.25, -0.2) is 13.1 Å². The Labute approximate surface area is 222 Å². The molecule has 4 rings (SSSR count). The van der Waals surface area contributed by atoms with Crippen LogP contribution in [0.5, 0.6) is 0 Å². The maximum atomic E-state index is 13.5. The predicted molar refractivity (Wildman–Crippen MR) is 143 cm³/mol. The number of aliphatic hydroxyl groups is 1. The van der Waals surface area contributed by atoms with Crippen LogP contribution in [0.2, 0.25) is 5.02 Å². The molecular weight excluding hydrogens is 512 g/mol. The topological polar surface area (TPSA) is 105 Å². The van der Waals surface area contributed by atoms with Gasteiger partial charge in [-0.05, 0) is 53.8 Å². The van der Waals surface area contributed by atoms with Crippen molar-refractivity contribution < 1.29 is 23.1 Å². The second kappa shape index (κ2) is 12.2. The minimum absolute atomic E-state index is 0.00504. The minimum Gasteiger partial charge on any atom is -0.390 e. The number of aliphatic hydroxyl groups excluding tert-OH is 1. The smallest absolute Gasteiger partial charge is 0.240 e. The zero-order valence-corrected chi connectivity index (χ0v) is 22.1. The molecule has 9 heteroatoms. The van der Waals surface area contributed by atoms with Crippen molar-refractivity contribution in [2.45, 2.75) is 42.4 Å². The summed E-state index contributed by atoms with van der Waals surface area (Å²) in [5.74, 6) is -0.723. The van der Waals surface area contributed by atoms with Crippen molar-refractivity contribution in [3.05, 3.63) is 101 Å². The number of nitrogens with one attached hydrogen (secondary N) is 2. The molecule has 196 valence electrons. The van der Waals surface area contributed by atoms with Crippen LogP contribution in [-0.2, 0) is 32.4 Å². The lowest BCUT2D eigenvalue weighted by atomic mass is 9.92. The molecule has 3 aromatic carbocycles. The Morgan fingerprint density at radius 1 is 1.05 bits per heavy atom. The molecule has 0 heterocycles. The SMILES string of the molecule is CO[C@H](CNS(=O)(=O)c1ccc(Cl)cc1)C[C@@H](Cc1ccccc1)C(=O)N[C@H]1c2ccccc2C[C@H]1O. The molecule has 1 amide bonds. The highest BCUT2D eigenvalue weighted by atomic mass is 35.5. The van der Waals surface area contributed by atoms with E-state index in [9.17, 15) is 18.3 Å². The molecule has 0 fully saturated rings. The highest BCUT2D eigenvalue weighted by Gasteiger charge is 2.34. The van der Waals surface area contributed by atoms with E-state index < -0.39 is 34.2 Å². The first-order valence-electron chi connectivity index (χ1n) is 12.1. The summed E-state index contributed by atoms with van der Waals surface area (Å²) in [4.78, 5) is 13.6. The molecule has 0 radical (unpaired) electrons. The van der Waals surface area contributed by atoms with Gasteiger partial charge in [-0.3, -0.25) is 4.79 Å². The lowest BCUT2D eigenvalue weighted by molar-refractivity contribution is -0.127. The number of hydrogen-bond acceptors (Lipinski definition) is 5. The number of sulfonamides is 1. The van der Waals surface area contributed by atoms with Gasteiger partial charge in [0, 0.05) is 31.0 Å². The summed E-state index contributed by atoms with van der Waals surface area (Å²) in [5.41, 5.74) is 2.92. The van der Waals surface area contributed by atoms with Gasteiger partial charge in [0.2, 0.25) is 15.9 Å². The fraction of sp³-hybridized carbons (Fsp3) is 0.321. The number of ether oxygens (including phenoxy) is 1. The van der Waals surface area contributed by atoms with Crippen LogP contribution in [-0.4, -0.2) is 45.3 Å². The normalized spacial score (nSPS) is 18.7. The van der Waals surface area contributed by atoms with E-state index in [1.807, 2.05) is 54.6 Å². The van der Waals surface area contributed by atoms with Gasteiger partial charge in [0.15, 0.2) is 0 Å². The third-order valence-corrected chi connectivity index (χ3v) is 8.39. The summed E-state index contributed by atoms with van der Waals surface area (Å²) in [6.45, 7) is -0.00504. The van der Waals surface area contributed by atoms with Crippen molar-refractivity contribution >= 4 is 27.5 Å². The van der Waals surface area contributed by atoms with Crippen LogP contribution in [0.25, 0.3) is 0 Å². The molecular formula is C28H31ClN2O5S. The first kappa shape index (κ1) is 27.3. The summed E-state index contributed by atoms with van der Waals surface area (Å²) >= 11 is 5.87. The number of halogens is 1. The molecule has 37 heavy (non-hydrogen) atoms. The molecule has 1 aliphatic carbocycles. The number of methoxy groups -OCH3 is 1. The van der Waals surface area contributed by atoms with E-state index in [1.165, 1.54) is 31.4 Å². The van der Waals surface area contributed by atoms with E-state index >= 15 is 0 Å². The standard InChI is InChI=1S/C28H31ClN2O5S/c1-36-23(18-30-37(34,35)24-13-11-22(29)12-14-24)16-21(15-19-7-3-2-4-8-19)28(33)31-27-25-10-6-5-9-20(25)17-26(27)32/h2-14,21,23,26-27,30,32H,15-18H2,1H3,(H,31,33)/t21-,23+,26-,27+/m1/s1. The van der Waals surface area contributed by atoms with E-state index in [-0.39, 0.29) is 23.8 Å². The Morgan fingerprint density at radius 3 is 2.43 bits per heavy atom. The van der Waals surface area contributed by atoms with Crippen LogP contribution in [0.1, 0.15) is 29.2 Å². The Kier molecular flexibility index (Phi) is 9.00. The lowest BCUT2D eigenvalue weighted by Crippen LogP contribution is -2.41. The Balaban J connectivity index is 1.48. The van der Waals surface area contributed by atoms with Crippen molar-refractivity contribution in [2.24, 2.45) is 5.92 Å². The third kappa shape index (κ3) is 6.97. The molecule has 0 unspecified atom stereocenters. The van der Waals surface area contributed by atoms with Gasteiger partial charge in [-0.2, -0.15) is 0 Å². The number of benzene rings is 3. The van der Waals surface area contributed by atoms with Gasteiger partial charge in [-0.1, -0.05) is 66.2 Å². The molecule has 0 saturated carbocycles. The summed E-state index contributed by atoms with van der Waals surface area (Å²) in [7, 11) is -2.28.